The third-order valence-corrected chi connectivity index (χ3v) is 7.54. The zero-order chi connectivity index (χ0) is 26.6. The number of fused-ring (bicyclic) bond motifs is 1. The van der Waals surface area contributed by atoms with Crippen molar-refractivity contribution in [1.29, 1.82) is 0 Å². The van der Waals surface area contributed by atoms with Crippen molar-refractivity contribution >= 4 is 27.5 Å². The summed E-state index contributed by atoms with van der Waals surface area (Å²) in [7, 11) is 1.51. The molecule has 6 nitrogen and oxygen atoms in total. The first-order chi connectivity index (χ1) is 18.5. The molecule has 2 aliphatic rings. The number of rotatable bonds is 8. The van der Waals surface area contributed by atoms with Gasteiger partial charge in [-0.15, -0.1) is 0 Å². The number of carbonyl (C=O) groups is 2. The van der Waals surface area contributed by atoms with Crippen LogP contribution in [0.5, 0.6) is 5.75 Å². The maximum atomic E-state index is 12.9. The highest BCUT2D eigenvalue weighted by atomic mass is 79.9. The Morgan fingerprint density at radius 2 is 1.53 bits per heavy atom. The minimum absolute atomic E-state index is 0.236. The zero-order valence-corrected chi connectivity index (χ0v) is 22.8. The molecule has 0 aromatic heterocycles. The number of hydrogen-bond acceptors (Lipinski definition) is 6. The highest BCUT2D eigenvalue weighted by molar-refractivity contribution is 9.12. The van der Waals surface area contributed by atoms with Crippen LogP contribution in [0.3, 0.4) is 0 Å². The van der Waals surface area contributed by atoms with Gasteiger partial charge in [-0.2, -0.15) is 0 Å². The number of benzene rings is 3. The van der Waals surface area contributed by atoms with Gasteiger partial charge in [0.1, 0.15) is 11.9 Å². The van der Waals surface area contributed by atoms with Gasteiger partial charge in [-0.25, -0.2) is 0 Å². The topological polar surface area (TPSA) is 71.1 Å². The number of carbonyl (C=O) groups excluding carboxylic acids is 2. The van der Waals surface area contributed by atoms with Crippen LogP contribution in [0.25, 0.3) is 0 Å². The van der Waals surface area contributed by atoms with Crippen LogP contribution in [-0.2, 0) is 27.4 Å². The molecule has 7 heteroatoms. The largest absolute Gasteiger partial charge is 0.496 e. The molecule has 38 heavy (non-hydrogen) atoms. The molecule has 5 rings (SSSR count). The molecule has 1 aliphatic heterocycles. The van der Waals surface area contributed by atoms with E-state index >= 15 is 0 Å². The van der Waals surface area contributed by atoms with E-state index in [0.717, 1.165) is 11.1 Å². The number of hydrogen-bond donors (Lipinski definition) is 0. The van der Waals surface area contributed by atoms with Gasteiger partial charge in [-0.1, -0.05) is 66.7 Å². The maximum Gasteiger partial charge on any atom is 0.200 e. The Bertz CT molecular complexity index is 1340. The van der Waals surface area contributed by atoms with Crippen molar-refractivity contribution in [1.82, 2.24) is 0 Å². The molecular weight excluding hydrogens is 548 g/mol. The van der Waals surface area contributed by atoms with Crippen molar-refractivity contribution in [2.45, 2.75) is 51.0 Å². The Labute approximate surface area is 230 Å². The zero-order valence-electron chi connectivity index (χ0n) is 21.3. The van der Waals surface area contributed by atoms with Crippen LogP contribution >= 0.6 is 15.9 Å². The number of ketones is 2. The number of allylic oxidation sites excluding steroid dienone is 2. The number of ether oxygens (including phenoxy) is 4. The molecule has 0 unspecified atom stereocenters. The summed E-state index contributed by atoms with van der Waals surface area (Å²) >= 11 is 3.19. The van der Waals surface area contributed by atoms with Gasteiger partial charge in [-0.3, -0.25) is 9.59 Å². The Hall–Kier alpha value is -3.10. The fraction of sp³-hybridized carbons (Fsp3) is 0.290. The molecule has 1 heterocycles. The van der Waals surface area contributed by atoms with Crippen molar-refractivity contribution in [3.63, 3.8) is 0 Å². The van der Waals surface area contributed by atoms with Gasteiger partial charge in [0.25, 0.3) is 0 Å². The Balaban J connectivity index is 1.43. The van der Waals surface area contributed by atoms with Crippen LogP contribution in [0.15, 0.2) is 83.4 Å². The van der Waals surface area contributed by atoms with Gasteiger partial charge in [0.15, 0.2) is 5.78 Å². The van der Waals surface area contributed by atoms with Crippen molar-refractivity contribution in [3.8, 4) is 5.75 Å². The molecule has 1 fully saturated rings. The average Bonchev–Trinajstić information content (AvgIpc) is 2.94. The van der Waals surface area contributed by atoms with E-state index < -0.39 is 6.10 Å². The molecule has 3 aromatic carbocycles. The smallest absolute Gasteiger partial charge is 0.200 e. The summed E-state index contributed by atoms with van der Waals surface area (Å²) in [5.74, 6) is -0.171. The number of methoxy groups -OCH3 is 1. The lowest BCUT2D eigenvalue weighted by Gasteiger charge is -2.41. The maximum absolute atomic E-state index is 12.9. The Kier molecular flexibility index (Phi) is 8.19. The summed E-state index contributed by atoms with van der Waals surface area (Å²) in [6.07, 6.45) is 0.486. The summed E-state index contributed by atoms with van der Waals surface area (Å²) in [5.41, 5.74) is 3.43. The van der Waals surface area contributed by atoms with E-state index in [0.29, 0.717) is 36.5 Å². The van der Waals surface area contributed by atoms with Crippen molar-refractivity contribution < 1.29 is 28.5 Å². The molecule has 196 valence electrons. The molecule has 0 N–H and O–H groups in total. The molecule has 1 saturated heterocycles. The molecule has 3 aromatic rings. The molecule has 4 atom stereocenters. The van der Waals surface area contributed by atoms with Crippen LogP contribution in [0.2, 0.25) is 0 Å². The van der Waals surface area contributed by atoms with E-state index in [4.69, 9.17) is 18.9 Å². The first-order valence-electron chi connectivity index (χ1n) is 12.6. The SMILES string of the molecule is COc1c([C@H]2C[C@@H](OCc3ccccc3)[C@H](OCc3ccccc3)[C@@H](C)O2)ccc2c1C(=O)C=C(Br)C2=O. The van der Waals surface area contributed by atoms with Gasteiger partial charge >= 0.3 is 0 Å². The lowest BCUT2D eigenvalue weighted by atomic mass is 9.87. The highest BCUT2D eigenvalue weighted by Gasteiger charge is 2.41. The second-order valence-corrected chi connectivity index (χ2v) is 10.3. The Morgan fingerprint density at radius 3 is 2.16 bits per heavy atom. The highest BCUT2D eigenvalue weighted by Crippen LogP contribution is 2.42. The van der Waals surface area contributed by atoms with Crippen LogP contribution in [-0.4, -0.2) is 37.0 Å². The second kappa shape index (κ2) is 11.7. The van der Waals surface area contributed by atoms with E-state index in [2.05, 4.69) is 15.9 Å². The molecule has 0 amide bonds. The van der Waals surface area contributed by atoms with Gasteiger partial charge in [-0.05, 0) is 40.0 Å². The summed E-state index contributed by atoms with van der Waals surface area (Å²) < 4.78 is 25.2. The third kappa shape index (κ3) is 5.52. The monoisotopic (exact) mass is 576 g/mol. The number of halogens is 1. The summed E-state index contributed by atoms with van der Waals surface area (Å²) in [4.78, 5) is 25.6. The van der Waals surface area contributed by atoms with Crippen LogP contribution < -0.4 is 4.74 Å². The quantitative estimate of drug-likeness (QED) is 0.310. The predicted octanol–water partition coefficient (Wildman–Crippen LogP) is 6.37. The van der Waals surface area contributed by atoms with Gasteiger partial charge in [0.05, 0.1) is 48.7 Å². The van der Waals surface area contributed by atoms with Gasteiger partial charge in [0, 0.05) is 23.6 Å². The molecule has 0 saturated carbocycles. The normalized spacial score (nSPS) is 23.1. The van der Waals surface area contributed by atoms with E-state index in [9.17, 15) is 9.59 Å². The molecule has 1 aliphatic carbocycles. The lowest BCUT2D eigenvalue weighted by Crippen LogP contribution is -2.47. The minimum Gasteiger partial charge on any atom is -0.496 e. The summed E-state index contributed by atoms with van der Waals surface area (Å²) in [6, 6.07) is 23.5. The molecular formula is C31H29BrO6. The van der Waals surface area contributed by atoms with E-state index in [-0.39, 0.29) is 39.9 Å². The minimum atomic E-state index is -0.417. The van der Waals surface area contributed by atoms with Gasteiger partial charge in [0.2, 0.25) is 5.78 Å². The predicted molar refractivity (Wildman–Crippen MR) is 147 cm³/mol. The average molecular weight is 577 g/mol. The fourth-order valence-corrected chi connectivity index (χ4v) is 5.50. The summed E-state index contributed by atoms with van der Waals surface area (Å²) in [5, 5.41) is 0. The second-order valence-electron chi connectivity index (χ2n) is 9.46. The van der Waals surface area contributed by atoms with Crippen molar-refractivity contribution in [2.75, 3.05) is 7.11 Å². The molecule has 0 spiro atoms. The first-order valence-corrected chi connectivity index (χ1v) is 13.4. The fourth-order valence-electron chi connectivity index (χ4n) is 5.08. The first kappa shape index (κ1) is 26.5. The van der Waals surface area contributed by atoms with E-state index in [1.807, 2.05) is 73.7 Å². The van der Waals surface area contributed by atoms with Crippen LogP contribution in [0.1, 0.15) is 56.9 Å². The van der Waals surface area contributed by atoms with Crippen molar-refractivity contribution in [3.05, 3.63) is 111 Å². The van der Waals surface area contributed by atoms with E-state index in [1.54, 1.807) is 6.07 Å². The van der Waals surface area contributed by atoms with Crippen LogP contribution in [0, 0.1) is 0 Å². The number of Topliss-reactive ketones (excluding diaryl/α,β-unsaturated/α-hetero) is 1. The molecule has 0 radical (unpaired) electrons. The Morgan fingerprint density at radius 1 is 0.895 bits per heavy atom. The lowest BCUT2D eigenvalue weighted by molar-refractivity contribution is -0.204. The third-order valence-electron chi connectivity index (χ3n) is 6.95. The van der Waals surface area contributed by atoms with Crippen molar-refractivity contribution in [2.24, 2.45) is 0 Å². The molecule has 0 bridgehead atoms. The van der Waals surface area contributed by atoms with E-state index in [1.165, 1.54) is 13.2 Å². The summed E-state index contributed by atoms with van der Waals surface area (Å²) in [6.45, 7) is 2.85. The van der Waals surface area contributed by atoms with Crippen LogP contribution in [0.4, 0.5) is 0 Å². The van der Waals surface area contributed by atoms with Gasteiger partial charge < -0.3 is 18.9 Å². The standard InChI is InChI=1S/C31H29BrO6/c1-19-30(37-18-21-11-7-4-8-12-21)27(36-17-20-9-5-3-6-10-20)16-26(38-19)22-13-14-23-28(31(22)35-2)25(33)15-24(32)29(23)34/h3-15,19,26-27,30H,16-18H2,1-2H3/t19-,26-,27-,30-/m1/s1.